The number of carbonyl (C=O) groups is 3. The van der Waals surface area contributed by atoms with Crippen molar-refractivity contribution in [2.24, 2.45) is 0 Å². The van der Waals surface area contributed by atoms with E-state index in [9.17, 15) is 14.4 Å². The molecule has 0 aliphatic rings. The average Bonchev–Trinajstić information content (AvgIpc) is 3.34. The maximum absolute atomic E-state index is 12.8. The molecule has 1 unspecified atom stereocenters. The fourth-order valence-electron chi connectivity index (χ4n) is 7.56. The summed E-state index contributed by atoms with van der Waals surface area (Å²) in [5.41, 5.74) is 0. The molecule has 0 aromatic rings. The minimum absolute atomic E-state index is 0.0928. The Balaban J connectivity index is 4.41. The Labute approximate surface area is 419 Å². The summed E-state index contributed by atoms with van der Waals surface area (Å²) in [5.74, 6) is -0.927. The third-order valence-electron chi connectivity index (χ3n) is 11.8. The Hall–Kier alpha value is -3.67. The highest BCUT2D eigenvalue weighted by atomic mass is 16.6. The van der Waals surface area contributed by atoms with E-state index in [0.29, 0.717) is 19.3 Å². The summed E-state index contributed by atoms with van der Waals surface area (Å²) in [6.07, 6.45) is 73.9. The van der Waals surface area contributed by atoms with E-state index < -0.39 is 6.10 Å². The molecule has 0 spiro atoms. The highest BCUT2D eigenvalue weighted by Crippen LogP contribution is 2.14. The minimum Gasteiger partial charge on any atom is -0.462 e. The minimum atomic E-state index is -0.795. The van der Waals surface area contributed by atoms with Crippen LogP contribution in [0.5, 0.6) is 0 Å². The van der Waals surface area contributed by atoms with Gasteiger partial charge in [0, 0.05) is 19.3 Å². The molecule has 0 saturated carbocycles. The molecular formula is C62H104O6. The third-order valence-corrected chi connectivity index (χ3v) is 11.8. The van der Waals surface area contributed by atoms with Gasteiger partial charge in [0.2, 0.25) is 0 Å². The lowest BCUT2D eigenvalue weighted by atomic mass is 10.1. The zero-order valence-electron chi connectivity index (χ0n) is 44.3. The number of allylic oxidation sites excluding steroid dienone is 16. The van der Waals surface area contributed by atoms with Crippen molar-refractivity contribution in [2.45, 2.75) is 264 Å². The van der Waals surface area contributed by atoms with Gasteiger partial charge in [-0.25, -0.2) is 0 Å². The van der Waals surface area contributed by atoms with E-state index in [1.165, 1.54) is 70.6 Å². The van der Waals surface area contributed by atoms with E-state index in [0.717, 1.165) is 148 Å². The molecule has 0 bridgehead atoms. The number of hydrogen-bond acceptors (Lipinski definition) is 6. The second-order valence-electron chi connectivity index (χ2n) is 18.5. The smallest absolute Gasteiger partial charge is 0.306 e. The molecule has 6 nitrogen and oxygen atoms in total. The van der Waals surface area contributed by atoms with E-state index in [1.807, 2.05) is 0 Å². The number of carbonyl (C=O) groups excluding carboxylic acids is 3. The van der Waals surface area contributed by atoms with Gasteiger partial charge in [-0.2, -0.15) is 0 Å². The van der Waals surface area contributed by atoms with Crippen LogP contribution in [0.3, 0.4) is 0 Å². The fraction of sp³-hybridized carbons (Fsp3) is 0.694. The van der Waals surface area contributed by atoms with Crippen LogP contribution in [0.15, 0.2) is 97.2 Å². The standard InChI is InChI=1S/C62H104O6/c1-4-7-10-13-16-19-22-25-27-29-30-31-32-33-35-37-40-43-46-49-52-55-61(64)67-58-59(57-66-60(63)54-51-48-45-42-39-36-24-21-18-15-12-9-6-3)68-62(65)56-53-50-47-44-41-38-34-28-26-23-20-17-14-11-8-5-2/h7,10,12,15-16,19-21,23-25,27-28,30-31,34,59H,4-6,8-9,11,13-14,17-18,22,26,29,32-33,35-58H2,1-3H3/b10-7-,15-12-,19-16-,23-20-,24-21-,27-25-,31-30-,34-28-. The molecule has 68 heavy (non-hydrogen) atoms. The van der Waals surface area contributed by atoms with Crippen molar-refractivity contribution in [3.8, 4) is 0 Å². The maximum Gasteiger partial charge on any atom is 0.306 e. The number of esters is 3. The molecule has 1 atom stereocenters. The molecule has 0 saturated heterocycles. The zero-order valence-corrected chi connectivity index (χ0v) is 44.3. The van der Waals surface area contributed by atoms with Gasteiger partial charge in [-0.05, 0) is 116 Å². The highest BCUT2D eigenvalue weighted by Gasteiger charge is 2.19. The second-order valence-corrected chi connectivity index (χ2v) is 18.5. The van der Waals surface area contributed by atoms with Crippen molar-refractivity contribution in [1.82, 2.24) is 0 Å². The monoisotopic (exact) mass is 945 g/mol. The SMILES string of the molecule is CC/C=C\C/C=C\C/C=C\C/C=C\CCCCCCCCCCC(=O)OCC(COC(=O)CCCCCCC/C=C\C/C=C\CCC)OC(=O)CCCCCCC/C=C\C/C=C\CCCCCC. The molecule has 0 aromatic carbocycles. The summed E-state index contributed by atoms with van der Waals surface area (Å²) < 4.78 is 16.8. The zero-order chi connectivity index (χ0) is 49.3. The first-order chi connectivity index (χ1) is 33.5. The maximum atomic E-state index is 12.8. The van der Waals surface area contributed by atoms with Crippen molar-refractivity contribution in [2.75, 3.05) is 13.2 Å². The molecule has 0 aliphatic carbocycles. The molecule has 0 N–H and O–H groups in total. The topological polar surface area (TPSA) is 78.9 Å². The summed E-state index contributed by atoms with van der Waals surface area (Å²) >= 11 is 0. The van der Waals surface area contributed by atoms with Gasteiger partial charge in [0.1, 0.15) is 13.2 Å². The molecule has 6 heteroatoms. The van der Waals surface area contributed by atoms with E-state index in [-0.39, 0.29) is 31.1 Å². The van der Waals surface area contributed by atoms with Crippen molar-refractivity contribution in [3.63, 3.8) is 0 Å². The molecule has 0 amide bonds. The van der Waals surface area contributed by atoms with E-state index in [4.69, 9.17) is 14.2 Å². The first-order valence-electron chi connectivity index (χ1n) is 28.2. The molecule has 0 aliphatic heterocycles. The number of hydrogen-bond donors (Lipinski definition) is 0. The van der Waals surface area contributed by atoms with Crippen LogP contribution in [0, 0.1) is 0 Å². The Morgan fingerprint density at radius 3 is 0.956 bits per heavy atom. The first kappa shape index (κ1) is 64.3. The molecule has 0 heterocycles. The molecule has 0 rings (SSSR count). The molecular weight excluding hydrogens is 841 g/mol. The van der Waals surface area contributed by atoms with Crippen LogP contribution in [0.2, 0.25) is 0 Å². The summed E-state index contributed by atoms with van der Waals surface area (Å²) in [5, 5.41) is 0. The lowest BCUT2D eigenvalue weighted by molar-refractivity contribution is -0.167. The summed E-state index contributed by atoms with van der Waals surface area (Å²) in [6, 6.07) is 0. The van der Waals surface area contributed by atoms with Crippen molar-refractivity contribution < 1.29 is 28.6 Å². The predicted molar refractivity (Wildman–Crippen MR) is 293 cm³/mol. The molecule has 0 aromatic heterocycles. The predicted octanol–water partition coefficient (Wildman–Crippen LogP) is 18.9. The van der Waals surface area contributed by atoms with Crippen LogP contribution >= 0.6 is 0 Å². The van der Waals surface area contributed by atoms with Crippen LogP contribution in [0.25, 0.3) is 0 Å². The van der Waals surface area contributed by atoms with E-state index in [2.05, 4.69) is 118 Å². The average molecular weight is 946 g/mol. The van der Waals surface area contributed by atoms with Gasteiger partial charge in [0.15, 0.2) is 6.10 Å². The molecule has 0 fully saturated rings. The normalized spacial score (nSPS) is 12.8. The van der Waals surface area contributed by atoms with Crippen molar-refractivity contribution in [3.05, 3.63) is 97.2 Å². The Kier molecular flexibility index (Phi) is 52.9. The van der Waals surface area contributed by atoms with Gasteiger partial charge in [0.25, 0.3) is 0 Å². The van der Waals surface area contributed by atoms with Crippen LogP contribution in [-0.2, 0) is 28.6 Å². The highest BCUT2D eigenvalue weighted by molar-refractivity contribution is 5.71. The van der Waals surface area contributed by atoms with Gasteiger partial charge in [-0.1, -0.05) is 221 Å². The van der Waals surface area contributed by atoms with Crippen LogP contribution in [0.4, 0.5) is 0 Å². The molecule has 0 radical (unpaired) electrons. The summed E-state index contributed by atoms with van der Waals surface area (Å²) in [4.78, 5) is 38.1. The van der Waals surface area contributed by atoms with Crippen LogP contribution in [-0.4, -0.2) is 37.2 Å². The fourth-order valence-corrected chi connectivity index (χ4v) is 7.56. The van der Waals surface area contributed by atoms with E-state index >= 15 is 0 Å². The third kappa shape index (κ3) is 53.3. The first-order valence-corrected chi connectivity index (χ1v) is 28.2. The van der Waals surface area contributed by atoms with Crippen LogP contribution in [0.1, 0.15) is 258 Å². The van der Waals surface area contributed by atoms with Gasteiger partial charge in [-0.3, -0.25) is 14.4 Å². The lowest BCUT2D eigenvalue weighted by Crippen LogP contribution is -2.30. The Morgan fingerprint density at radius 1 is 0.309 bits per heavy atom. The number of ether oxygens (including phenoxy) is 3. The number of unbranched alkanes of at least 4 members (excludes halogenated alkanes) is 23. The Morgan fingerprint density at radius 2 is 0.603 bits per heavy atom. The van der Waals surface area contributed by atoms with Gasteiger partial charge in [-0.15, -0.1) is 0 Å². The van der Waals surface area contributed by atoms with Crippen molar-refractivity contribution >= 4 is 17.9 Å². The molecule has 388 valence electrons. The van der Waals surface area contributed by atoms with Gasteiger partial charge in [0.05, 0.1) is 0 Å². The lowest BCUT2D eigenvalue weighted by Gasteiger charge is -2.18. The summed E-state index contributed by atoms with van der Waals surface area (Å²) in [6.45, 7) is 6.42. The van der Waals surface area contributed by atoms with Gasteiger partial charge >= 0.3 is 17.9 Å². The van der Waals surface area contributed by atoms with Gasteiger partial charge < -0.3 is 14.2 Å². The van der Waals surface area contributed by atoms with Crippen LogP contribution < -0.4 is 0 Å². The van der Waals surface area contributed by atoms with E-state index in [1.54, 1.807) is 0 Å². The second kappa shape index (κ2) is 55.9. The van der Waals surface area contributed by atoms with Crippen molar-refractivity contribution in [1.29, 1.82) is 0 Å². The number of rotatable bonds is 50. The summed E-state index contributed by atoms with van der Waals surface area (Å²) in [7, 11) is 0. The largest absolute Gasteiger partial charge is 0.462 e. The quantitative estimate of drug-likeness (QED) is 0.0262. The Bertz CT molecular complexity index is 1360.